The van der Waals surface area contributed by atoms with Crippen molar-refractivity contribution in [1.82, 2.24) is 4.72 Å². The molecule has 0 aliphatic heterocycles. The molecule has 0 rings (SSSR count). The minimum absolute atomic E-state index is 0.132. The van der Waals surface area contributed by atoms with Crippen molar-refractivity contribution in [1.29, 1.82) is 0 Å². The van der Waals surface area contributed by atoms with Crippen molar-refractivity contribution in [2.75, 3.05) is 0 Å². The standard InChI is InChI=1S/C7H16ClNO4SSi.C6H16OSi.CClNO3S/c1-7(2,3)15(4,5)13-6(10)9-14(8,11)12;1-6(2,3)8(4,5)7;2-7(5,6)3-1-4/h1-5H3,(H,9,10);7H,1-5H3;. The van der Waals surface area contributed by atoms with Crippen molar-refractivity contribution in [3.8, 4) is 0 Å². The van der Waals surface area contributed by atoms with Crippen LogP contribution in [0.3, 0.4) is 0 Å². The summed E-state index contributed by atoms with van der Waals surface area (Å²) < 4.78 is 49.1. The highest BCUT2D eigenvalue weighted by Gasteiger charge is 2.41. The van der Waals surface area contributed by atoms with Gasteiger partial charge in [-0.15, -0.1) is 0 Å². The van der Waals surface area contributed by atoms with E-state index in [1.165, 1.54) is 0 Å². The van der Waals surface area contributed by atoms with E-state index in [1.54, 1.807) is 4.72 Å². The Morgan fingerprint density at radius 3 is 1.43 bits per heavy atom. The number of nitrogens with zero attached hydrogens (tertiary/aromatic N) is 1. The van der Waals surface area contributed by atoms with Crippen LogP contribution in [0.1, 0.15) is 41.5 Å². The van der Waals surface area contributed by atoms with Crippen molar-refractivity contribution >= 4 is 68.6 Å². The predicted octanol–water partition coefficient (Wildman–Crippen LogP) is 3.99. The summed E-state index contributed by atoms with van der Waals surface area (Å²) in [6.45, 7) is 19.6. The molecule has 2 N–H and O–H groups in total. The van der Waals surface area contributed by atoms with Gasteiger partial charge in [-0.1, -0.05) is 45.9 Å². The lowest BCUT2D eigenvalue weighted by atomic mass is 10.2. The number of halogens is 2. The Morgan fingerprint density at radius 1 is 0.967 bits per heavy atom. The second-order valence-electron chi connectivity index (χ2n) is 9.09. The van der Waals surface area contributed by atoms with E-state index in [2.05, 4.69) is 35.9 Å². The fourth-order valence-corrected chi connectivity index (χ4v) is 2.05. The van der Waals surface area contributed by atoms with Gasteiger partial charge in [0.25, 0.3) is 14.4 Å². The second kappa shape index (κ2) is 11.9. The Bertz CT molecular complexity index is 809. The number of carbonyl (C=O) groups excluding carboxylic acids is 2. The molecule has 10 nitrogen and oxygen atoms in total. The van der Waals surface area contributed by atoms with Gasteiger partial charge in [0.05, 0.1) is 0 Å². The lowest BCUT2D eigenvalue weighted by molar-refractivity contribution is 0.202. The normalized spacial score (nSPS) is 12.8. The molecule has 0 atom stereocenters. The third-order valence-electron chi connectivity index (χ3n) is 4.34. The minimum Gasteiger partial charge on any atom is -0.503 e. The van der Waals surface area contributed by atoms with E-state index in [-0.39, 0.29) is 10.1 Å². The van der Waals surface area contributed by atoms with E-state index in [1.807, 2.05) is 47.0 Å². The lowest BCUT2D eigenvalue weighted by Gasteiger charge is -2.34. The largest absolute Gasteiger partial charge is 0.503 e. The third kappa shape index (κ3) is 19.5. The van der Waals surface area contributed by atoms with Gasteiger partial charge in [-0.25, -0.2) is 14.3 Å². The smallest absolute Gasteiger partial charge is 0.408 e. The maximum atomic E-state index is 11.2. The Hall–Kier alpha value is -0.476. The zero-order chi connectivity index (χ0) is 25.4. The summed E-state index contributed by atoms with van der Waals surface area (Å²) in [5.74, 6) is 0. The molecule has 0 radical (unpaired) electrons. The third-order valence-corrected chi connectivity index (χ3v) is 13.5. The number of rotatable bonds is 3. The van der Waals surface area contributed by atoms with E-state index >= 15 is 0 Å². The maximum Gasteiger partial charge on any atom is 0.408 e. The summed E-state index contributed by atoms with van der Waals surface area (Å²) in [5, 5.41) is -0.0482. The number of nitrogens with one attached hydrogen (secondary N) is 1. The highest BCUT2D eigenvalue weighted by molar-refractivity contribution is 8.13. The van der Waals surface area contributed by atoms with Crippen molar-refractivity contribution < 1.29 is 35.6 Å². The summed E-state index contributed by atoms with van der Waals surface area (Å²) in [5.41, 5.74) is 0. The zero-order valence-electron chi connectivity index (χ0n) is 18.8. The monoisotopic (exact) mass is 546 g/mol. The molecule has 0 unspecified atom stereocenters. The van der Waals surface area contributed by atoms with Gasteiger partial charge in [-0.3, -0.25) is 0 Å². The van der Waals surface area contributed by atoms with Gasteiger partial charge in [0, 0.05) is 21.4 Å². The highest BCUT2D eigenvalue weighted by Crippen LogP contribution is 2.36. The molecule has 180 valence electrons. The van der Waals surface area contributed by atoms with Crippen LogP contribution in [0, 0.1) is 0 Å². The molecule has 0 aromatic carbocycles. The van der Waals surface area contributed by atoms with E-state index in [9.17, 15) is 26.4 Å². The first-order valence-electron chi connectivity index (χ1n) is 8.38. The molecule has 0 heterocycles. The van der Waals surface area contributed by atoms with Gasteiger partial charge < -0.3 is 9.22 Å². The van der Waals surface area contributed by atoms with Gasteiger partial charge in [-0.2, -0.15) is 16.8 Å². The van der Waals surface area contributed by atoms with E-state index in [0.717, 1.165) is 6.08 Å². The fourth-order valence-electron chi connectivity index (χ4n) is 0.550. The first-order valence-corrected chi connectivity index (χ1v) is 18.8. The van der Waals surface area contributed by atoms with Crippen LogP contribution in [-0.2, 0) is 27.7 Å². The SMILES string of the molecule is CC(C)(C)[Si](C)(C)O.CC(C)(C)[Si](C)(C)OC(=O)NS(=O)(=O)Cl.O=C=NS(=O)(=O)Cl. The van der Waals surface area contributed by atoms with Gasteiger partial charge in [0.15, 0.2) is 8.32 Å². The van der Waals surface area contributed by atoms with Gasteiger partial charge in [0.2, 0.25) is 0 Å². The zero-order valence-corrected chi connectivity index (χ0v) is 24.0. The average molecular weight is 548 g/mol. The van der Waals surface area contributed by atoms with Gasteiger partial charge in [0.1, 0.15) is 0 Å². The van der Waals surface area contributed by atoms with Crippen molar-refractivity contribution in [2.45, 2.75) is 77.8 Å². The molecule has 0 saturated heterocycles. The lowest BCUT2D eigenvalue weighted by Crippen LogP contribution is -2.45. The number of hydrogen-bond acceptors (Lipinski definition) is 8. The molecule has 0 aliphatic rings. The quantitative estimate of drug-likeness (QED) is 0.232. The number of carbonyl (C=O) groups is 1. The van der Waals surface area contributed by atoms with Gasteiger partial charge >= 0.3 is 24.6 Å². The van der Waals surface area contributed by atoms with Crippen molar-refractivity contribution in [3.05, 3.63) is 0 Å². The van der Waals surface area contributed by atoms with E-state index in [0.29, 0.717) is 0 Å². The van der Waals surface area contributed by atoms with Crippen LogP contribution < -0.4 is 4.72 Å². The van der Waals surface area contributed by atoms with Crippen LogP contribution >= 0.6 is 21.4 Å². The van der Waals surface area contributed by atoms with Crippen LogP contribution in [0.4, 0.5) is 4.79 Å². The molecule has 0 aromatic heterocycles. The fraction of sp³-hybridized carbons (Fsp3) is 0.857. The molecule has 0 aliphatic carbocycles. The Labute approximate surface area is 190 Å². The van der Waals surface area contributed by atoms with Crippen LogP contribution in [0.5, 0.6) is 0 Å². The maximum absolute atomic E-state index is 11.2. The van der Waals surface area contributed by atoms with Crippen LogP contribution in [0.2, 0.25) is 36.3 Å². The summed E-state index contributed by atoms with van der Waals surface area (Å²) in [7, 11) is -3.01. The first kappa shape index (κ1) is 34.1. The highest BCUT2D eigenvalue weighted by atomic mass is 35.7. The van der Waals surface area contributed by atoms with Crippen molar-refractivity contribution in [3.63, 3.8) is 0 Å². The number of amides is 1. The molecule has 0 spiro atoms. The molecular weight excluding hydrogens is 515 g/mol. The predicted molar refractivity (Wildman–Crippen MR) is 124 cm³/mol. The topological polar surface area (TPSA) is 156 Å². The molecule has 0 aromatic rings. The second-order valence-corrected chi connectivity index (χ2v) is 22.9. The van der Waals surface area contributed by atoms with Crippen LogP contribution in [0.25, 0.3) is 0 Å². The molecular formula is C14H32Cl2N2O8S2Si2. The number of hydrogen-bond donors (Lipinski definition) is 2. The summed E-state index contributed by atoms with van der Waals surface area (Å²) in [6, 6.07) is 0. The Kier molecular flexibility index (Phi) is 13.6. The molecule has 30 heavy (non-hydrogen) atoms. The summed E-state index contributed by atoms with van der Waals surface area (Å²) in [4.78, 5) is 29.7. The van der Waals surface area contributed by atoms with Crippen LogP contribution in [-0.4, -0.2) is 50.4 Å². The van der Waals surface area contributed by atoms with E-state index in [4.69, 9.17) is 19.9 Å². The summed E-state index contributed by atoms with van der Waals surface area (Å²) in [6.07, 6.45) is -0.254. The average Bonchev–Trinajstić information content (AvgIpc) is 2.30. The molecule has 16 heteroatoms. The summed E-state index contributed by atoms with van der Waals surface area (Å²) >= 11 is 0. The van der Waals surface area contributed by atoms with E-state index < -0.39 is 41.2 Å². The van der Waals surface area contributed by atoms with Crippen LogP contribution in [0.15, 0.2) is 4.40 Å². The van der Waals surface area contributed by atoms with Gasteiger partial charge in [-0.05, 0) is 36.3 Å². The minimum atomic E-state index is -4.07. The number of isocyanates is 1. The van der Waals surface area contributed by atoms with Crippen molar-refractivity contribution in [2.24, 2.45) is 4.40 Å². The Morgan fingerprint density at radius 2 is 1.30 bits per heavy atom. The Balaban J connectivity index is -0.000000408. The molecule has 1 amide bonds. The first-order chi connectivity index (χ1) is 12.7. The molecule has 0 fully saturated rings. The molecule has 0 bridgehead atoms. The molecule has 0 saturated carbocycles.